The minimum atomic E-state index is -3.84. The molecule has 0 unspecified atom stereocenters. The van der Waals surface area contributed by atoms with E-state index in [0.29, 0.717) is 6.54 Å². The zero-order valence-electron chi connectivity index (χ0n) is 24.2. The molecule has 2 aromatic carbocycles. The lowest BCUT2D eigenvalue weighted by Gasteiger charge is -2.18. The third kappa shape index (κ3) is 17.3. The van der Waals surface area contributed by atoms with Gasteiger partial charge in [0.2, 0.25) is 0 Å². The molecule has 0 saturated carbocycles. The van der Waals surface area contributed by atoms with Crippen molar-refractivity contribution in [2.75, 3.05) is 19.7 Å². The molecule has 2 N–H and O–H groups in total. The van der Waals surface area contributed by atoms with Gasteiger partial charge in [0.05, 0.1) is 19.8 Å². The van der Waals surface area contributed by atoms with Crippen LogP contribution in [0.3, 0.4) is 0 Å². The summed E-state index contributed by atoms with van der Waals surface area (Å²) in [5.41, 5.74) is 1.72. The summed E-state index contributed by atoms with van der Waals surface area (Å²) in [7, 11) is -3.84. The molecule has 0 saturated heterocycles. The van der Waals surface area contributed by atoms with Crippen molar-refractivity contribution in [3.05, 3.63) is 83.9 Å². The van der Waals surface area contributed by atoms with Crippen LogP contribution in [0.15, 0.2) is 72.8 Å². The van der Waals surface area contributed by atoms with E-state index < -0.39 is 7.82 Å². The number of allylic oxidation sites excluding steroid dienone is 2. The summed E-state index contributed by atoms with van der Waals surface area (Å²) in [6.07, 6.45) is 18.0. The van der Waals surface area contributed by atoms with Crippen LogP contribution in [0.5, 0.6) is 0 Å². The van der Waals surface area contributed by atoms with E-state index >= 15 is 0 Å². The number of amides is 2. The number of carbonyl (C=O) groups excluding carboxylic acids is 1. The maximum atomic E-state index is 13.2. The maximum Gasteiger partial charge on any atom is 0.475 e. The Bertz CT molecular complexity index is 924. The third-order valence-electron chi connectivity index (χ3n) is 6.33. The van der Waals surface area contributed by atoms with Crippen LogP contribution in [-0.4, -0.2) is 25.7 Å². The minimum absolute atomic E-state index is 0.00145. The third-order valence-corrected chi connectivity index (χ3v) is 7.71. The van der Waals surface area contributed by atoms with Crippen molar-refractivity contribution in [1.29, 1.82) is 0 Å². The second-order valence-electron chi connectivity index (χ2n) is 9.86. The molecule has 0 aliphatic heterocycles. The van der Waals surface area contributed by atoms with Crippen molar-refractivity contribution >= 4 is 13.9 Å². The first-order valence-corrected chi connectivity index (χ1v) is 16.4. The number of unbranched alkanes of at least 4 members (excludes halogenated alkanes) is 9. The molecule has 7 nitrogen and oxygen atoms in total. The Hall–Kier alpha value is -2.44. The van der Waals surface area contributed by atoms with Crippen LogP contribution < -0.4 is 10.6 Å². The normalized spacial score (nSPS) is 11.6. The van der Waals surface area contributed by atoms with E-state index in [1.54, 1.807) is 0 Å². The standard InChI is InChI=1S/C32H49N2O5P/c1-2-3-4-5-6-7-8-9-10-11-12-13-20-25-33-32(35)34-26-27-37-40(36,38-28-30-21-16-14-17-22-30)39-29-31-23-18-15-19-24-31/h7-8,14-19,21-24H,2-6,9-13,20,25-29H2,1H3,(H2,33,34,35)/b8-7-. The number of benzene rings is 2. The van der Waals surface area contributed by atoms with Gasteiger partial charge in [0, 0.05) is 13.1 Å². The van der Waals surface area contributed by atoms with Gasteiger partial charge < -0.3 is 10.6 Å². The van der Waals surface area contributed by atoms with Gasteiger partial charge >= 0.3 is 13.9 Å². The van der Waals surface area contributed by atoms with Gasteiger partial charge in [0.15, 0.2) is 0 Å². The van der Waals surface area contributed by atoms with Crippen LogP contribution in [0.25, 0.3) is 0 Å². The molecule has 0 aliphatic rings. The fourth-order valence-electron chi connectivity index (χ4n) is 4.00. The van der Waals surface area contributed by atoms with E-state index in [1.165, 1.54) is 51.4 Å². The molecule has 0 heterocycles. The Morgan fingerprint density at radius 2 is 1.18 bits per heavy atom. The molecular weight excluding hydrogens is 523 g/mol. The van der Waals surface area contributed by atoms with Crippen molar-refractivity contribution in [3.8, 4) is 0 Å². The van der Waals surface area contributed by atoms with E-state index in [9.17, 15) is 9.36 Å². The lowest BCUT2D eigenvalue weighted by atomic mass is 10.1. The number of carbonyl (C=O) groups is 1. The summed E-state index contributed by atoms with van der Waals surface area (Å²) in [6.45, 7) is 3.25. The highest BCUT2D eigenvalue weighted by atomic mass is 31.2. The van der Waals surface area contributed by atoms with Gasteiger partial charge in [-0.3, -0.25) is 13.6 Å². The molecule has 0 atom stereocenters. The van der Waals surface area contributed by atoms with Gasteiger partial charge in [-0.25, -0.2) is 9.36 Å². The van der Waals surface area contributed by atoms with E-state index in [1.807, 2.05) is 60.7 Å². The molecule has 0 spiro atoms. The van der Waals surface area contributed by atoms with Crippen LogP contribution in [0.4, 0.5) is 4.79 Å². The van der Waals surface area contributed by atoms with E-state index in [4.69, 9.17) is 13.6 Å². The van der Waals surface area contributed by atoms with Crippen molar-refractivity contribution in [3.63, 3.8) is 0 Å². The number of urea groups is 1. The van der Waals surface area contributed by atoms with Crippen LogP contribution in [0.1, 0.15) is 88.7 Å². The zero-order chi connectivity index (χ0) is 28.6. The molecule has 2 amide bonds. The van der Waals surface area contributed by atoms with Crippen molar-refractivity contribution < 1.29 is 22.9 Å². The quantitative estimate of drug-likeness (QED) is 0.0790. The number of hydrogen-bond donors (Lipinski definition) is 2. The Morgan fingerprint density at radius 3 is 1.75 bits per heavy atom. The number of phosphoric acid groups is 1. The van der Waals surface area contributed by atoms with Gasteiger partial charge in [-0.05, 0) is 43.2 Å². The Morgan fingerprint density at radius 1 is 0.675 bits per heavy atom. The van der Waals surface area contributed by atoms with Gasteiger partial charge in [0.25, 0.3) is 0 Å². The first-order valence-electron chi connectivity index (χ1n) is 14.9. The average molecular weight is 573 g/mol. The molecule has 2 aromatic rings. The van der Waals surface area contributed by atoms with Gasteiger partial charge in [0.1, 0.15) is 0 Å². The molecule has 222 valence electrons. The molecule has 0 fully saturated rings. The summed E-state index contributed by atoms with van der Waals surface area (Å²) in [5, 5.41) is 5.60. The largest absolute Gasteiger partial charge is 0.475 e. The van der Waals surface area contributed by atoms with Gasteiger partial charge in [-0.2, -0.15) is 0 Å². The zero-order valence-corrected chi connectivity index (χ0v) is 25.1. The Kier molecular flexibility index (Phi) is 18.8. The predicted octanol–water partition coefficient (Wildman–Crippen LogP) is 8.71. The highest BCUT2D eigenvalue weighted by Gasteiger charge is 2.27. The Labute approximate surface area is 241 Å². The van der Waals surface area contributed by atoms with Crippen LogP contribution in [-0.2, 0) is 31.4 Å². The fraction of sp³-hybridized carbons (Fsp3) is 0.531. The lowest BCUT2D eigenvalue weighted by Crippen LogP contribution is -2.37. The lowest BCUT2D eigenvalue weighted by molar-refractivity contribution is 0.103. The number of phosphoric ester groups is 1. The first kappa shape index (κ1) is 33.8. The van der Waals surface area contributed by atoms with Crippen LogP contribution in [0, 0.1) is 0 Å². The second-order valence-corrected chi connectivity index (χ2v) is 11.5. The van der Waals surface area contributed by atoms with Gasteiger partial charge in [-0.1, -0.05) is 118 Å². The predicted molar refractivity (Wildman–Crippen MR) is 163 cm³/mol. The molecule has 0 aliphatic carbocycles. The molecule has 0 radical (unpaired) electrons. The second kappa shape index (κ2) is 22.3. The number of nitrogens with one attached hydrogen (secondary N) is 2. The van der Waals surface area contributed by atoms with E-state index in [-0.39, 0.29) is 32.4 Å². The molecule has 0 aromatic heterocycles. The minimum Gasteiger partial charge on any atom is -0.338 e. The maximum absolute atomic E-state index is 13.2. The van der Waals surface area contributed by atoms with Crippen molar-refractivity contribution in [1.82, 2.24) is 10.6 Å². The highest BCUT2D eigenvalue weighted by molar-refractivity contribution is 7.48. The Balaban J connectivity index is 1.54. The molecule has 40 heavy (non-hydrogen) atoms. The monoisotopic (exact) mass is 572 g/mol. The summed E-state index contributed by atoms with van der Waals surface area (Å²) in [5.74, 6) is 0. The van der Waals surface area contributed by atoms with Crippen LogP contribution in [0.2, 0.25) is 0 Å². The molecule has 2 rings (SSSR count). The topological polar surface area (TPSA) is 85.9 Å². The van der Waals surface area contributed by atoms with E-state index in [0.717, 1.165) is 30.4 Å². The molecular formula is C32H49N2O5P. The smallest absolute Gasteiger partial charge is 0.338 e. The van der Waals surface area contributed by atoms with Gasteiger partial charge in [-0.15, -0.1) is 0 Å². The van der Waals surface area contributed by atoms with Crippen LogP contribution >= 0.6 is 7.82 Å². The average Bonchev–Trinajstić information content (AvgIpc) is 2.99. The molecule has 0 bridgehead atoms. The number of hydrogen-bond acceptors (Lipinski definition) is 5. The number of rotatable bonds is 23. The SMILES string of the molecule is CCCCCC/C=C\CCCCCCCNC(=O)NCCOP(=O)(OCc1ccccc1)OCc1ccccc1. The summed E-state index contributed by atoms with van der Waals surface area (Å²) in [6, 6.07) is 18.6. The summed E-state index contributed by atoms with van der Waals surface area (Å²) in [4.78, 5) is 12.1. The fourth-order valence-corrected chi connectivity index (χ4v) is 5.15. The van der Waals surface area contributed by atoms with Crippen molar-refractivity contribution in [2.45, 2.75) is 90.8 Å². The summed E-state index contributed by atoms with van der Waals surface area (Å²) >= 11 is 0. The van der Waals surface area contributed by atoms with Crippen molar-refractivity contribution in [2.24, 2.45) is 0 Å². The first-order chi connectivity index (χ1) is 19.6. The molecule has 8 heteroatoms. The highest BCUT2D eigenvalue weighted by Crippen LogP contribution is 2.50. The summed E-state index contributed by atoms with van der Waals surface area (Å²) < 4.78 is 29.9. The van der Waals surface area contributed by atoms with E-state index in [2.05, 4.69) is 29.7 Å².